The lowest BCUT2D eigenvalue weighted by atomic mass is 9.96. The van der Waals surface area contributed by atoms with Crippen LogP contribution in [0.5, 0.6) is 0 Å². The molecule has 2 aliphatic heterocycles. The van der Waals surface area contributed by atoms with Crippen LogP contribution in [0.4, 0.5) is 5.82 Å². The fourth-order valence-corrected chi connectivity index (χ4v) is 4.53. The fraction of sp³-hybridized carbons (Fsp3) is 0.435. The quantitative estimate of drug-likeness (QED) is 0.606. The number of anilines is 1. The molecule has 2 aliphatic rings. The Balaban J connectivity index is 1.15. The lowest BCUT2D eigenvalue weighted by Gasteiger charge is -2.39. The first-order chi connectivity index (χ1) is 15.8. The summed E-state index contributed by atoms with van der Waals surface area (Å²) in [6.45, 7) is 5.86. The van der Waals surface area contributed by atoms with Gasteiger partial charge in [-0.15, -0.1) is 10.2 Å². The number of rotatable bonds is 5. The molecule has 0 aromatic carbocycles. The number of piperidine rings is 1. The van der Waals surface area contributed by atoms with Crippen LogP contribution in [0.2, 0.25) is 0 Å². The monoisotopic (exact) mass is 432 g/mol. The number of carbonyl (C=O) groups is 1. The second kappa shape index (κ2) is 9.44. The molecule has 2 saturated heterocycles. The van der Waals surface area contributed by atoms with Crippen LogP contribution in [0.25, 0.3) is 5.82 Å². The molecular weight excluding hydrogens is 404 g/mol. The smallest absolute Gasteiger partial charge is 0.227 e. The van der Waals surface area contributed by atoms with E-state index in [-0.39, 0.29) is 11.8 Å². The normalized spacial score (nSPS) is 19.8. The standard InChI is InChI=1S/C23H28N8O/c32-23(29-14-12-28(13-15-29)17-19-4-1-8-24-16-19)20-5-2-10-30(18-20)21-6-7-22(27-26-21)31-11-3-9-25-31/h1,3-4,6-9,11,16,20H,2,5,10,12-15,17-18H2. The Bertz CT molecular complexity index is 1000. The highest BCUT2D eigenvalue weighted by molar-refractivity contribution is 5.80. The molecule has 9 heteroatoms. The van der Waals surface area contributed by atoms with Gasteiger partial charge >= 0.3 is 0 Å². The molecule has 32 heavy (non-hydrogen) atoms. The molecule has 0 saturated carbocycles. The average molecular weight is 433 g/mol. The molecule has 5 heterocycles. The Hall–Kier alpha value is -3.33. The van der Waals surface area contributed by atoms with E-state index in [0.29, 0.717) is 12.4 Å². The molecule has 0 aliphatic carbocycles. The van der Waals surface area contributed by atoms with Gasteiger partial charge in [0.2, 0.25) is 5.91 Å². The first kappa shape index (κ1) is 20.6. The molecule has 0 spiro atoms. The molecule has 5 rings (SSSR count). The molecule has 1 unspecified atom stereocenters. The fourth-order valence-electron chi connectivity index (χ4n) is 4.53. The number of amides is 1. The Morgan fingerprint density at radius 3 is 2.53 bits per heavy atom. The minimum absolute atomic E-state index is 0.0150. The number of aromatic nitrogens is 5. The van der Waals surface area contributed by atoms with E-state index in [9.17, 15) is 4.79 Å². The van der Waals surface area contributed by atoms with Crippen LogP contribution in [-0.2, 0) is 11.3 Å². The van der Waals surface area contributed by atoms with E-state index in [1.807, 2.05) is 41.6 Å². The summed E-state index contributed by atoms with van der Waals surface area (Å²) in [5.41, 5.74) is 1.22. The highest BCUT2D eigenvalue weighted by Gasteiger charge is 2.31. The first-order valence-corrected chi connectivity index (χ1v) is 11.2. The molecule has 0 radical (unpaired) electrons. The van der Waals surface area contributed by atoms with Crippen molar-refractivity contribution in [3.8, 4) is 5.82 Å². The zero-order chi connectivity index (χ0) is 21.8. The molecule has 3 aromatic rings. The summed E-state index contributed by atoms with van der Waals surface area (Å²) in [6, 6.07) is 9.82. The van der Waals surface area contributed by atoms with Crippen molar-refractivity contribution in [2.75, 3.05) is 44.2 Å². The zero-order valence-corrected chi connectivity index (χ0v) is 18.1. The van der Waals surface area contributed by atoms with Gasteiger partial charge in [0, 0.05) is 70.6 Å². The molecule has 0 bridgehead atoms. The van der Waals surface area contributed by atoms with Crippen molar-refractivity contribution < 1.29 is 4.79 Å². The summed E-state index contributed by atoms with van der Waals surface area (Å²) < 4.78 is 1.69. The molecular formula is C23H28N8O. The Morgan fingerprint density at radius 2 is 1.81 bits per heavy atom. The van der Waals surface area contributed by atoms with E-state index in [2.05, 4.69) is 36.1 Å². The van der Waals surface area contributed by atoms with Gasteiger partial charge in [-0.3, -0.25) is 14.7 Å². The maximum Gasteiger partial charge on any atom is 0.227 e. The number of piperazine rings is 1. The van der Waals surface area contributed by atoms with Gasteiger partial charge in [-0.25, -0.2) is 4.68 Å². The Morgan fingerprint density at radius 1 is 0.969 bits per heavy atom. The number of hydrogen-bond donors (Lipinski definition) is 0. The van der Waals surface area contributed by atoms with Gasteiger partial charge in [-0.2, -0.15) is 5.10 Å². The van der Waals surface area contributed by atoms with Crippen LogP contribution in [0, 0.1) is 5.92 Å². The van der Waals surface area contributed by atoms with E-state index in [1.165, 1.54) is 5.56 Å². The van der Waals surface area contributed by atoms with Gasteiger partial charge < -0.3 is 9.80 Å². The van der Waals surface area contributed by atoms with Crippen molar-refractivity contribution in [3.63, 3.8) is 0 Å². The van der Waals surface area contributed by atoms with Gasteiger partial charge in [0.1, 0.15) is 0 Å². The number of hydrogen-bond acceptors (Lipinski definition) is 7. The van der Waals surface area contributed by atoms with Gasteiger partial charge in [0.15, 0.2) is 11.6 Å². The van der Waals surface area contributed by atoms with Gasteiger partial charge in [-0.05, 0) is 42.7 Å². The molecule has 9 nitrogen and oxygen atoms in total. The topological polar surface area (TPSA) is 83.3 Å². The number of carbonyl (C=O) groups excluding carboxylic acids is 1. The van der Waals surface area contributed by atoms with Crippen molar-refractivity contribution in [2.45, 2.75) is 19.4 Å². The summed E-state index contributed by atoms with van der Waals surface area (Å²) in [5.74, 6) is 1.80. The summed E-state index contributed by atoms with van der Waals surface area (Å²) in [4.78, 5) is 24.0. The third-order valence-corrected chi connectivity index (χ3v) is 6.28. The first-order valence-electron chi connectivity index (χ1n) is 11.2. The third kappa shape index (κ3) is 4.62. The lowest BCUT2D eigenvalue weighted by Crippen LogP contribution is -2.52. The van der Waals surface area contributed by atoms with Crippen molar-refractivity contribution in [1.82, 2.24) is 34.8 Å². The van der Waals surface area contributed by atoms with E-state index >= 15 is 0 Å². The number of nitrogens with zero attached hydrogens (tertiary/aromatic N) is 8. The highest BCUT2D eigenvalue weighted by atomic mass is 16.2. The molecule has 0 N–H and O–H groups in total. The summed E-state index contributed by atoms with van der Waals surface area (Å²) in [6.07, 6.45) is 9.19. The lowest BCUT2D eigenvalue weighted by molar-refractivity contribution is -0.137. The summed E-state index contributed by atoms with van der Waals surface area (Å²) in [7, 11) is 0. The second-order valence-corrected chi connectivity index (χ2v) is 8.45. The van der Waals surface area contributed by atoms with Crippen LogP contribution in [-0.4, -0.2) is 79.9 Å². The average Bonchev–Trinajstić information content (AvgIpc) is 3.40. The van der Waals surface area contributed by atoms with Crippen LogP contribution in [0.1, 0.15) is 18.4 Å². The second-order valence-electron chi connectivity index (χ2n) is 8.45. The van der Waals surface area contributed by atoms with Gasteiger partial charge in [0.25, 0.3) is 0 Å². The van der Waals surface area contributed by atoms with Crippen LogP contribution in [0.15, 0.2) is 55.1 Å². The predicted molar refractivity (Wildman–Crippen MR) is 120 cm³/mol. The molecule has 2 fully saturated rings. The molecule has 166 valence electrons. The van der Waals surface area contributed by atoms with Crippen molar-refractivity contribution >= 4 is 11.7 Å². The van der Waals surface area contributed by atoms with Gasteiger partial charge in [-0.1, -0.05) is 6.07 Å². The van der Waals surface area contributed by atoms with E-state index in [4.69, 9.17) is 0 Å². The van der Waals surface area contributed by atoms with E-state index in [0.717, 1.165) is 57.9 Å². The van der Waals surface area contributed by atoms with Gasteiger partial charge in [0.05, 0.1) is 5.92 Å². The zero-order valence-electron chi connectivity index (χ0n) is 18.1. The molecule has 3 aromatic heterocycles. The summed E-state index contributed by atoms with van der Waals surface area (Å²) in [5, 5.41) is 12.9. The van der Waals surface area contributed by atoms with Crippen LogP contribution in [0.3, 0.4) is 0 Å². The van der Waals surface area contributed by atoms with Crippen molar-refractivity contribution in [3.05, 3.63) is 60.7 Å². The van der Waals surface area contributed by atoms with Crippen molar-refractivity contribution in [2.24, 2.45) is 5.92 Å². The summed E-state index contributed by atoms with van der Waals surface area (Å²) >= 11 is 0. The minimum atomic E-state index is 0.0150. The Labute approximate surface area is 187 Å². The largest absolute Gasteiger partial charge is 0.354 e. The molecule has 1 atom stereocenters. The SMILES string of the molecule is O=C(C1CCCN(c2ccc(-n3cccn3)nn2)C1)N1CCN(Cc2cccnc2)CC1. The molecule has 1 amide bonds. The number of pyridine rings is 1. The van der Waals surface area contributed by atoms with E-state index in [1.54, 1.807) is 17.1 Å². The van der Waals surface area contributed by atoms with Crippen LogP contribution >= 0.6 is 0 Å². The Kier molecular flexibility index (Phi) is 6.06. The van der Waals surface area contributed by atoms with Crippen LogP contribution < -0.4 is 4.90 Å². The third-order valence-electron chi connectivity index (χ3n) is 6.28. The highest BCUT2D eigenvalue weighted by Crippen LogP contribution is 2.24. The predicted octanol–water partition coefficient (Wildman–Crippen LogP) is 1.62. The maximum atomic E-state index is 13.2. The van der Waals surface area contributed by atoms with E-state index < -0.39 is 0 Å². The minimum Gasteiger partial charge on any atom is -0.354 e. The van der Waals surface area contributed by atoms with Crippen molar-refractivity contribution in [1.29, 1.82) is 0 Å². The maximum absolute atomic E-state index is 13.2.